The van der Waals surface area contributed by atoms with E-state index in [1.807, 2.05) is 38.4 Å². The normalized spacial score (nSPS) is 10.5. The fourth-order valence-corrected chi connectivity index (χ4v) is 1.53. The number of ether oxygens (including phenoxy) is 1. The van der Waals surface area contributed by atoms with Crippen LogP contribution in [0.5, 0.6) is 5.75 Å². The summed E-state index contributed by atoms with van der Waals surface area (Å²) in [6.45, 7) is 5.23. The van der Waals surface area contributed by atoms with Gasteiger partial charge in [0.1, 0.15) is 12.4 Å². The van der Waals surface area contributed by atoms with Crippen molar-refractivity contribution in [2.75, 3.05) is 27.2 Å². The van der Waals surface area contributed by atoms with Crippen LogP contribution in [0.1, 0.15) is 19.4 Å². The molecule has 0 spiro atoms. The van der Waals surface area contributed by atoms with Crippen molar-refractivity contribution in [3.05, 3.63) is 29.8 Å². The van der Waals surface area contributed by atoms with Crippen LogP contribution in [-0.4, -0.2) is 43.6 Å². The predicted molar refractivity (Wildman–Crippen MR) is 95.1 cm³/mol. The number of amides is 1. The summed E-state index contributed by atoms with van der Waals surface area (Å²) < 4.78 is 5.74. The van der Waals surface area contributed by atoms with Crippen molar-refractivity contribution in [2.45, 2.75) is 25.9 Å². The molecule has 0 aliphatic carbocycles. The Morgan fingerprint density at radius 3 is 2.41 bits per heavy atom. The summed E-state index contributed by atoms with van der Waals surface area (Å²) in [4.78, 5) is 13.8. The highest BCUT2D eigenvalue weighted by Crippen LogP contribution is 2.17. The summed E-state index contributed by atoms with van der Waals surface area (Å²) in [6, 6.07) is 7.69. The number of carbonyl (C=O) groups excluding carboxylic acids is 1. The maximum atomic E-state index is 11.8. The van der Waals surface area contributed by atoms with Gasteiger partial charge in [-0.25, -0.2) is 0 Å². The molecule has 0 heterocycles. The van der Waals surface area contributed by atoms with Crippen LogP contribution in [0.4, 0.5) is 0 Å². The molecule has 0 aliphatic heterocycles. The number of para-hydroxylation sites is 1. The molecule has 0 atom stereocenters. The van der Waals surface area contributed by atoms with Gasteiger partial charge < -0.3 is 20.7 Å². The lowest BCUT2D eigenvalue weighted by atomic mass is 10.1. The zero-order chi connectivity index (χ0) is 15.2. The summed E-state index contributed by atoms with van der Waals surface area (Å²) in [5.41, 5.74) is 5.82. The first kappa shape index (κ1) is 23.3. The SMILES string of the molecule is CN(C)CCOc1ccccc1CNC(=O)C(C)(C)N.Cl.Cl. The number of nitrogens with one attached hydrogen (secondary N) is 1. The molecule has 0 radical (unpaired) electrons. The van der Waals surface area contributed by atoms with Crippen LogP contribution in [0.25, 0.3) is 0 Å². The van der Waals surface area contributed by atoms with Crippen molar-refractivity contribution in [1.82, 2.24) is 10.2 Å². The molecule has 7 heteroatoms. The second kappa shape index (κ2) is 10.7. The van der Waals surface area contributed by atoms with Crippen molar-refractivity contribution < 1.29 is 9.53 Å². The molecule has 1 aromatic carbocycles. The Labute approximate surface area is 145 Å². The third kappa shape index (κ3) is 8.44. The van der Waals surface area contributed by atoms with E-state index in [0.29, 0.717) is 13.2 Å². The highest BCUT2D eigenvalue weighted by atomic mass is 35.5. The average molecular weight is 352 g/mol. The topological polar surface area (TPSA) is 67.6 Å². The smallest absolute Gasteiger partial charge is 0.239 e. The minimum absolute atomic E-state index is 0. The number of hydrogen-bond acceptors (Lipinski definition) is 4. The van der Waals surface area contributed by atoms with E-state index in [2.05, 4.69) is 10.2 Å². The van der Waals surface area contributed by atoms with Crippen LogP contribution < -0.4 is 15.8 Å². The molecule has 1 amide bonds. The highest BCUT2D eigenvalue weighted by Gasteiger charge is 2.21. The molecule has 0 aliphatic rings. The van der Waals surface area contributed by atoms with Gasteiger partial charge in [0.25, 0.3) is 0 Å². The van der Waals surface area contributed by atoms with E-state index in [9.17, 15) is 4.79 Å². The number of rotatable bonds is 7. The summed E-state index contributed by atoms with van der Waals surface area (Å²) in [7, 11) is 4.00. The highest BCUT2D eigenvalue weighted by molar-refractivity contribution is 5.86. The van der Waals surface area contributed by atoms with Crippen LogP contribution in [0.2, 0.25) is 0 Å². The van der Waals surface area contributed by atoms with Gasteiger partial charge in [0, 0.05) is 18.7 Å². The van der Waals surface area contributed by atoms with Crippen LogP contribution >= 0.6 is 24.8 Å². The van der Waals surface area contributed by atoms with E-state index in [0.717, 1.165) is 17.9 Å². The third-order valence-corrected chi connectivity index (χ3v) is 2.79. The monoisotopic (exact) mass is 351 g/mol. The second-order valence-corrected chi connectivity index (χ2v) is 5.66. The van der Waals surface area contributed by atoms with Gasteiger partial charge in [-0.2, -0.15) is 0 Å². The number of halogens is 2. The van der Waals surface area contributed by atoms with Gasteiger partial charge in [-0.1, -0.05) is 18.2 Å². The van der Waals surface area contributed by atoms with Gasteiger partial charge in [0.2, 0.25) is 5.91 Å². The lowest BCUT2D eigenvalue weighted by Gasteiger charge is -2.19. The zero-order valence-corrected chi connectivity index (χ0v) is 15.2. The van der Waals surface area contributed by atoms with Crippen LogP contribution in [0.15, 0.2) is 24.3 Å². The number of nitrogens with zero attached hydrogens (tertiary/aromatic N) is 1. The first-order valence-electron chi connectivity index (χ1n) is 6.73. The van der Waals surface area contributed by atoms with Crippen molar-refractivity contribution in [3.8, 4) is 5.75 Å². The molecule has 3 N–H and O–H groups in total. The largest absolute Gasteiger partial charge is 0.492 e. The maximum Gasteiger partial charge on any atom is 0.239 e. The Balaban J connectivity index is 0. The van der Waals surface area contributed by atoms with E-state index in [-0.39, 0.29) is 30.7 Å². The van der Waals surface area contributed by atoms with Crippen LogP contribution in [0, 0.1) is 0 Å². The van der Waals surface area contributed by atoms with Crippen LogP contribution in [0.3, 0.4) is 0 Å². The molecule has 0 fully saturated rings. The predicted octanol–water partition coefficient (Wildman–Crippen LogP) is 1.82. The molecule has 0 bridgehead atoms. The van der Waals surface area contributed by atoms with E-state index >= 15 is 0 Å². The second-order valence-electron chi connectivity index (χ2n) is 5.66. The number of carbonyl (C=O) groups is 1. The molecule has 1 aromatic rings. The summed E-state index contributed by atoms with van der Waals surface area (Å²) in [5, 5.41) is 2.82. The van der Waals surface area contributed by atoms with Crippen molar-refractivity contribution in [3.63, 3.8) is 0 Å². The lowest BCUT2D eigenvalue weighted by molar-refractivity contribution is -0.125. The Kier molecular flexibility index (Phi) is 11.3. The molecule has 0 unspecified atom stereocenters. The molecule has 0 saturated heterocycles. The summed E-state index contributed by atoms with van der Waals surface area (Å²) in [5.74, 6) is 0.616. The van der Waals surface area contributed by atoms with E-state index < -0.39 is 5.54 Å². The summed E-state index contributed by atoms with van der Waals surface area (Å²) in [6.07, 6.45) is 0. The van der Waals surface area contributed by atoms with E-state index in [1.165, 1.54) is 0 Å². The van der Waals surface area contributed by atoms with Crippen LogP contribution in [-0.2, 0) is 11.3 Å². The first-order chi connectivity index (χ1) is 9.30. The lowest BCUT2D eigenvalue weighted by Crippen LogP contribution is -2.48. The standard InChI is InChI=1S/C15H25N3O2.2ClH/c1-15(2,16)14(19)17-11-12-7-5-6-8-13(12)20-10-9-18(3)4;;/h5-8H,9-11,16H2,1-4H3,(H,17,19);2*1H. The molecule has 128 valence electrons. The fraction of sp³-hybridized carbons (Fsp3) is 0.533. The Hall–Kier alpha value is -1.01. The van der Waals surface area contributed by atoms with Crippen molar-refractivity contribution >= 4 is 30.7 Å². The van der Waals surface area contributed by atoms with Crippen molar-refractivity contribution in [1.29, 1.82) is 0 Å². The molecule has 5 nitrogen and oxygen atoms in total. The third-order valence-electron chi connectivity index (χ3n) is 2.79. The maximum absolute atomic E-state index is 11.8. The fourth-order valence-electron chi connectivity index (χ4n) is 1.53. The number of likely N-dealkylation sites (N-methyl/N-ethyl adjacent to an activating group) is 1. The van der Waals surface area contributed by atoms with Gasteiger partial charge in [-0.3, -0.25) is 4.79 Å². The van der Waals surface area contributed by atoms with Crippen molar-refractivity contribution in [2.24, 2.45) is 5.73 Å². The minimum Gasteiger partial charge on any atom is -0.492 e. The number of benzene rings is 1. The Bertz CT molecular complexity index is 449. The molecule has 22 heavy (non-hydrogen) atoms. The van der Waals surface area contributed by atoms with Gasteiger partial charge >= 0.3 is 0 Å². The van der Waals surface area contributed by atoms with Gasteiger partial charge in [0.15, 0.2) is 0 Å². The zero-order valence-electron chi connectivity index (χ0n) is 13.6. The van der Waals surface area contributed by atoms with E-state index in [1.54, 1.807) is 13.8 Å². The Morgan fingerprint density at radius 1 is 1.27 bits per heavy atom. The van der Waals surface area contributed by atoms with Gasteiger partial charge in [-0.15, -0.1) is 24.8 Å². The Morgan fingerprint density at radius 2 is 1.86 bits per heavy atom. The molecular formula is C15H27Cl2N3O2. The molecule has 0 aromatic heterocycles. The molecular weight excluding hydrogens is 325 g/mol. The quantitative estimate of drug-likeness (QED) is 0.786. The van der Waals surface area contributed by atoms with Gasteiger partial charge in [-0.05, 0) is 34.0 Å². The minimum atomic E-state index is -0.874. The van der Waals surface area contributed by atoms with Gasteiger partial charge in [0.05, 0.1) is 5.54 Å². The van der Waals surface area contributed by atoms with E-state index in [4.69, 9.17) is 10.5 Å². The average Bonchev–Trinajstić information content (AvgIpc) is 2.35. The number of hydrogen-bond donors (Lipinski definition) is 2. The molecule has 1 rings (SSSR count). The number of nitrogens with two attached hydrogens (primary N) is 1. The molecule has 0 saturated carbocycles. The summed E-state index contributed by atoms with van der Waals surface area (Å²) >= 11 is 0. The first-order valence-corrected chi connectivity index (χ1v) is 6.73.